The fourth-order valence-electron chi connectivity index (χ4n) is 3.07. The van der Waals surface area contributed by atoms with E-state index in [1.165, 1.54) is 24.3 Å². The van der Waals surface area contributed by atoms with Gasteiger partial charge in [-0.15, -0.1) is 0 Å². The third kappa shape index (κ3) is 4.28. The molecule has 0 saturated carbocycles. The molecule has 0 N–H and O–H groups in total. The maximum absolute atomic E-state index is 13.1. The lowest BCUT2D eigenvalue weighted by Gasteiger charge is -2.35. The van der Waals surface area contributed by atoms with Gasteiger partial charge in [0, 0.05) is 0 Å². The first-order chi connectivity index (χ1) is 11.8. The third-order valence-electron chi connectivity index (χ3n) is 4.20. The van der Waals surface area contributed by atoms with Crippen LogP contribution in [0.25, 0.3) is 12.2 Å². The number of hydrogen-bond acceptors (Lipinski definition) is 1. The Morgan fingerprint density at radius 1 is 0.760 bits per heavy atom. The zero-order valence-electron chi connectivity index (χ0n) is 14.3. The summed E-state index contributed by atoms with van der Waals surface area (Å²) in [5, 5.41) is 0. The number of ketones is 1. The number of Topliss-reactive ketones (excluding diaryl/α,β-unsaturated/α-hetero) is 1. The molecular formula is C21H20F2NO+. The number of benzene rings is 2. The summed E-state index contributed by atoms with van der Waals surface area (Å²) in [5.41, 5.74) is 2.98. The summed E-state index contributed by atoms with van der Waals surface area (Å²) in [4.78, 5) is 12.9. The van der Waals surface area contributed by atoms with E-state index in [1.807, 2.05) is 12.2 Å². The average Bonchev–Trinajstić information content (AvgIpc) is 2.55. The number of likely N-dealkylation sites (N-methyl/N-ethyl adjacent to an activating group) is 1. The van der Waals surface area contributed by atoms with Gasteiger partial charge in [-0.3, -0.25) is 4.79 Å². The van der Waals surface area contributed by atoms with Gasteiger partial charge in [-0.25, -0.2) is 8.78 Å². The molecule has 0 atom stereocenters. The van der Waals surface area contributed by atoms with E-state index >= 15 is 0 Å². The Bertz CT molecular complexity index is 777. The zero-order chi connectivity index (χ0) is 18.0. The minimum absolute atomic E-state index is 0.00824. The second kappa shape index (κ2) is 6.73. The van der Waals surface area contributed by atoms with Gasteiger partial charge in [0.15, 0.2) is 5.78 Å². The molecule has 0 bridgehead atoms. The number of piperidine rings is 1. The molecule has 2 nitrogen and oxygen atoms in total. The van der Waals surface area contributed by atoms with E-state index in [1.54, 1.807) is 24.3 Å². The van der Waals surface area contributed by atoms with Crippen molar-refractivity contribution >= 4 is 17.9 Å². The fraction of sp³-hybridized carbons (Fsp3) is 0.190. The van der Waals surface area contributed by atoms with Crippen LogP contribution in [0.15, 0.2) is 59.7 Å². The molecule has 0 amide bonds. The van der Waals surface area contributed by atoms with Crippen LogP contribution < -0.4 is 0 Å². The summed E-state index contributed by atoms with van der Waals surface area (Å²) in [6.45, 7) is 1.22. The Kier molecular flexibility index (Phi) is 4.64. The number of likely N-dealkylation sites (tertiary alicyclic amines) is 1. The molecule has 0 radical (unpaired) electrons. The Morgan fingerprint density at radius 2 is 1.12 bits per heavy atom. The van der Waals surface area contributed by atoms with Crippen molar-refractivity contribution < 1.29 is 18.1 Å². The molecule has 2 aromatic carbocycles. The molecule has 0 aliphatic carbocycles. The SMILES string of the molecule is C[N+]1(C)C/C(=C\c2ccc(F)cc2)C(=O)/C(=C/c2ccc(F)cc2)C1. The Hall–Kier alpha value is -2.59. The predicted octanol–water partition coefficient (Wildman–Crippen LogP) is 4.09. The van der Waals surface area contributed by atoms with Crippen molar-refractivity contribution in [2.24, 2.45) is 0 Å². The van der Waals surface area contributed by atoms with Crippen LogP contribution >= 0.6 is 0 Å². The summed E-state index contributed by atoms with van der Waals surface area (Å²) >= 11 is 0. The molecule has 1 aliphatic heterocycles. The standard InChI is InChI=1S/C21H20F2NO/c1-24(2)13-17(11-15-3-7-19(22)8-4-15)21(25)18(14-24)12-16-5-9-20(23)10-6-16/h3-12H,13-14H2,1-2H3/q+1/b17-11+,18-12+. The van der Waals surface area contributed by atoms with Gasteiger partial charge >= 0.3 is 0 Å². The number of hydrogen-bond donors (Lipinski definition) is 0. The van der Waals surface area contributed by atoms with Crippen LogP contribution in [0.4, 0.5) is 8.78 Å². The van der Waals surface area contributed by atoms with E-state index < -0.39 is 0 Å². The number of nitrogens with zero attached hydrogens (tertiary/aromatic N) is 1. The molecule has 4 heteroatoms. The van der Waals surface area contributed by atoms with Gasteiger partial charge in [0.1, 0.15) is 24.7 Å². The number of rotatable bonds is 2. The van der Waals surface area contributed by atoms with Crippen LogP contribution in [-0.2, 0) is 4.79 Å². The normalized spacial score (nSPS) is 20.2. The molecule has 1 aliphatic rings. The molecule has 1 saturated heterocycles. The highest BCUT2D eigenvalue weighted by molar-refractivity contribution is 6.14. The first-order valence-corrected chi connectivity index (χ1v) is 8.11. The Morgan fingerprint density at radius 3 is 1.48 bits per heavy atom. The second-order valence-corrected chi connectivity index (χ2v) is 7.02. The van der Waals surface area contributed by atoms with E-state index in [0.29, 0.717) is 28.7 Å². The van der Waals surface area contributed by atoms with Crippen molar-refractivity contribution in [3.8, 4) is 0 Å². The minimum Gasteiger partial charge on any atom is -0.321 e. The molecule has 2 aromatic rings. The second-order valence-electron chi connectivity index (χ2n) is 7.02. The van der Waals surface area contributed by atoms with Gasteiger partial charge in [-0.2, -0.15) is 0 Å². The van der Waals surface area contributed by atoms with Crippen molar-refractivity contribution in [3.05, 3.63) is 82.4 Å². The monoisotopic (exact) mass is 340 g/mol. The predicted molar refractivity (Wildman–Crippen MR) is 95.6 cm³/mol. The van der Waals surface area contributed by atoms with Crippen LogP contribution in [0.5, 0.6) is 0 Å². The lowest BCUT2D eigenvalue weighted by atomic mass is 9.93. The molecule has 25 heavy (non-hydrogen) atoms. The lowest BCUT2D eigenvalue weighted by Crippen LogP contribution is -2.48. The summed E-state index contributed by atoms with van der Waals surface area (Å²) in [5.74, 6) is -0.610. The Balaban J connectivity index is 1.96. The van der Waals surface area contributed by atoms with E-state index in [0.717, 1.165) is 11.1 Å². The summed E-state index contributed by atoms with van der Waals surface area (Å²) < 4.78 is 26.8. The van der Waals surface area contributed by atoms with Crippen molar-refractivity contribution in [2.75, 3.05) is 27.2 Å². The third-order valence-corrected chi connectivity index (χ3v) is 4.20. The van der Waals surface area contributed by atoms with Crippen LogP contribution in [-0.4, -0.2) is 37.5 Å². The molecule has 0 unspecified atom stereocenters. The number of quaternary nitrogens is 1. The molecule has 0 spiro atoms. The van der Waals surface area contributed by atoms with Gasteiger partial charge in [0.2, 0.25) is 0 Å². The summed E-state index contributed by atoms with van der Waals surface area (Å²) in [7, 11) is 4.12. The maximum atomic E-state index is 13.1. The zero-order valence-corrected chi connectivity index (χ0v) is 14.3. The molecular weight excluding hydrogens is 320 g/mol. The lowest BCUT2D eigenvalue weighted by molar-refractivity contribution is -0.881. The number of halogens is 2. The maximum Gasteiger partial charge on any atom is 0.196 e. The van der Waals surface area contributed by atoms with Crippen LogP contribution in [0.1, 0.15) is 11.1 Å². The van der Waals surface area contributed by atoms with Crippen LogP contribution in [0.2, 0.25) is 0 Å². The van der Waals surface area contributed by atoms with Gasteiger partial charge in [-0.1, -0.05) is 24.3 Å². The molecule has 0 aromatic heterocycles. The highest BCUT2D eigenvalue weighted by Crippen LogP contribution is 2.24. The quantitative estimate of drug-likeness (QED) is 0.594. The first-order valence-electron chi connectivity index (χ1n) is 8.11. The van der Waals surface area contributed by atoms with Crippen LogP contribution in [0.3, 0.4) is 0 Å². The van der Waals surface area contributed by atoms with E-state index in [-0.39, 0.29) is 17.4 Å². The smallest absolute Gasteiger partial charge is 0.196 e. The minimum atomic E-state index is -0.301. The first kappa shape index (κ1) is 17.2. The number of carbonyl (C=O) groups excluding carboxylic acids is 1. The van der Waals surface area contributed by atoms with Crippen LogP contribution in [0, 0.1) is 11.6 Å². The van der Waals surface area contributed by atoms with E-state index in [4.69, 9.17) is 0 Å². The Labute approximate surface area is 146 Å². The van der Waals surface area contributed by atoms with Crippen molar-refractivity contribution in [3.63, 3.8) is 0 Å². The van der Waals surface area contributed by atoms with E-state index in [2.05, 4.69) is 14.1 Å². The van der Waals surface area contributed by atoms with Gasteiger partial charge < -0.3 is 4.48 Å². The van der Waals surface area contributed by atoms with Crippen molar-refractivity contribution in [2.45, 2.75) is 0 Å². The van der Waals surface area contributed by atoms with Crippen molar-refractivity contribution in [1.82, 2.24) is 0 Å². The molecule has 1 fully saturated rings. The molecule has 1 heterocycles. The molecule has 128 valence electrons. The van der Waals surface area contributed by atoms with Crippen molar-refractivity contribution in [1.29, 1.82) is 0 Å². The largest absolute Gasteiger partial charge is 0.321 e. The topological polar surface area (TPSA) is 17.1 Å². The van der Waals surface area contributed by atoms with Gasteiger partial charge in [0.25, 0.3) is 0 Å². The van der Waals surface area contributed by atoms with Gasteiger partial charge in [0.05, 0.1) is 25.2 Å². The highest BCUT2D eigenvalue weighted by atomic mass is 19.1. The van der Waals surface area contributed by atoms with E-state index in [9.17, 15) is 13.6 Å². The highest BCUT2D eigenvalue weighted by Gasteiger charge is 2.33. The average molecular weight is 340 g/mol. The summed E-state index contributed by atoms with van der Waals surface area (Å²) in [6.07, 6.45) is 3.64. The van der Waals surface area contributed by atoms with Gasteiger partial charge in [-0.05, 0) is 47.5 Å². The fourth-order valence-corrected chi connectivity index (χ4v) is 3.07. The number of carbonyl (C=O) groups is 1. The summed E-state index contributed by atoms with van der Waals surface area (Å²) in [6, 6.07) is 12.2. The molecule has 3 rings (SSSR count).